The van der Waals surface area contributed by atoms with Gasteiger partial charge in [0.15, 0.2) is 0 Å². The molecular weight excluding hydrogens is 299 g/mol. The van der Waals surface area contributed by atoms with Gasteiger partial charge < -0.3 is 15.7 Å². The molecule has 1 atom stereocenters. The summed E-state index contributed by atoms with van der Waals surface area (Å²) in [6, 6.07) is 2.93. The molecule has 0 bridgehead atoms. The van der Waals surface area contributed by atoms with E-state index in [1.165, 1.54) is 12.1 Å². The number of benzene rings is 1. The predicted octanol–water partition coefficient (Wildman–Crippen LogP) is 2.95. The van der Waals surface area contributed by atoms with Crippen LogP contribution >= 0.6 is 23.2 Å². The third-order valence-electron chi connectivity index (χ3n) is 3.67. The smallest absolute Gasteiger partial charge is 0.254 e. The van der Waals surface area contributed by atoms with Crippen LogP contribution in [-0.2, 0) is 0 Å². The van der Waals surface area contributed by atoms with E-state index in [4.69, 9.17) is 28.9 Å². The zero-order chi connectivity index (χ0) is 14.7. The van der Waals surface area contributed by atoms with Gasteiger partial charge in [0, 0.05) is 12.1 Å². The maximum absolute atomic E-state index is 12.6. The number of amides is 1. The number of likely N-dealkylation sites (tertiary alicyclic amines) is 1. The number of carbonyl (C=O) groups is 1. The average Bonchev–Trinajstić information content (AvgIpc) is 2.68. The molecule has 1 fully saturated rings. The minimum Gasteiger partial charge on any atom is -0.396 e. The molecule has 1 aromatic carbocycles. The molecule has 1 aromatic rings. The molecule has 1 unspecified atom stereocenters. The quantitative estimate of drug-likeness (QED) is 0.824. The lowest BCUT2D eigenvalue weighted by Crippen LogP contribution is -2.42. The van der Waals surface area contributed by atoms with Crippen LogP contribution in [0.2, 0.25) is 10.0 Å². The SMILES string of the molecule is Nc1c(Cl)cc(C(=O)N2CCCCCC2CO)cc1Cl. The van der Waals surface area contributed by atoms with Crippen LogP contribution in [-0.4, -0.2) is 35.1 Å². The molecule has 0 aliphatic carbocycles. The molecule has 110 valence electrons. The fourth-order valence-corrected chi connectivity index (χ4v) is 3.00. The molecule has 0 aromatic heterocycles. The first-order valence-electron chi connectivity index (χ1n) is 6.71. The van der Waals surface area contributed by atoms with Gasteiger partial charge in [-0.1, -0.05) is 36.0 Å². The van der Waals surface area contributed by atoms with Gasteiger partial charge in [0.2, 0.25) is 0 Å². The highest BCUT2D eigenvalue weighted by Crippen LogP contribution is 2.30. The van der Waals surface area contributed by atoms with Gasteiger partial charge in [-0.25, -0.2) is 0 Å². The Kier molecular flexibility index (Phi) is 5.13. The lowest BCUT2D eigenvalue weighted by molar-refractivity contribution is 0.0600. The number of nitrogens with zero attached hydrogens (tertiary/aromatic N) is 1. The van der Waals surface area contributed by atoms with Gasteiger partial charge >= 0.3 is 0 Å². The van der Waals surface area contributed by atoms with Crippen molar-refractivity contribution in [3.63, 3.8) is 0 Å². The Morgan fingerprint density at radius 2 is 1.95 bits per heavy atom. The van der Waals surface area contributed by atoms with Crippen LogP contribution in [0.3, 0.4) is 0 Å². The first kappa shape index (κ1) is 15.4. The molecule has 4 nitrogen and oxygen atoms in total. The Balaban J connectivity index is 2.29. The standard InChI is InChI=1S/C14H18Cl2N2O2/c15-11-6-9(7-12(16)13(11)17)14(20)18-5-3-1-2-4-10(18)8-19/h6-7,10,19H,1-5,8,17H2. The van der Waals surface area contributed by atoms with E-state index in [1.807, 2.05) is 0 Å². The van der Waals surface area contributed by atoms with Crippen molar-refractivity contribution < 1.29 is 9.90 Å². The first-order chi connectivity index (χ1) is 9.54. The summed E-state index contributed by atoms with van der Waals surface area (Å²) in [6.45, 7) is 0.617. The van der Waals surface area contributed by atoms with Crippen LogP contribution in [0.1, 0.15) is 36.0 Å². The van der Waals surface area contributed by atoms with Crippen LogP contribution in [0.15, 0.2) is 12.1 Å². The summed E-state index contributed by atoms with van der Waals surface area (Å²) < 4.78 is 0. The highest BCUT2D eigenvalue weighted by atomic mass is 35.5. The third kappa shape index (κ3) is 3.19. The largest absolute Gasteiger partial charge is 0.396 e. The number of hydrogen-bond donors (Lipinski definition) is 2. The number of rotatable bonds is 2. The van der Waals surface area contributed by atoms with E-state index in [0.717, 1.165) is 25.7 Å². The Bertz CT molecular complexity index is 485. The fraction of sp³-hybridized carbons (Fsp3) is 0.500. The molecule has 1 heterocycles. The number of aliphatic hydroxyl groups excluding tert-OH is 1. The van der Waals surface area contributed by atoms with Crippen LogP contribution in [0, 0.1) is 0 Å². The minimum atomic E-state index is -0.158. The number of aliphatic hydroxyl groups is 1. The second-order valence-corrected chi connectivity index (χ2v) is 5.85. The summed E-state index contributed by atoms with van der Waals surface area (Å²) in [5.74, 6) is -0.158. The zero-order valence-corrected chi connectivity index (χ0v) is 12.6. The minimum absolute atomic E-state index is 0.0256. The van der Waals surface area contributed by atoms with Crippen LogP contribution < -0.4 is 5.73 Å². The highest BCUT2D eigenvalue weighted by molar-refractivity contribution is 6.39. The van der Waals surface area contributed by atoms with E-state index in [0.29, 0.717) is 12.1 Å². The van der Waals surface area contributed by atoms with E-state index < -0.39 is 0 Å². The van der Waals surface area contributed by atoms with Gasteiger partial charge in [-0.3, -0.25) is 4.79 Å². The molecule has 1 amide bonds. The number of nitrogens with two attached hydrogens (primary N) is 1. The summed E-state index contributed by atoms with van der Waals surface area (Å²) in [6.07, 6.45) is 3.86. The fourth-order valence-electron chi connectivity index (χ4n) is 2.51. The zero-order valence-electron chi connectivity index (χ0n) is 11.1. The third-order valence-corrected chi connectivity index (χ3v) is 4.30. The van der Waals surface area contributed by atoms with Gasteiger partial charge in [0.05, 0.1) is 28.4 Å². The van der Waals surface area contributed by atoms with Crippen molar-refractivity contribution in [2.45, 2.75) is 31.7 Å². The number of nitrogen functional groups attached to an aromatic ring is 1. The number of carbonyl (C=O) groups excluding carboxylic acids is 1. The molecule has 1 aliphatic rings. The van der Waals surface area contributed by atoms with E-state index in [9.17, 15) is 9.90 Å². The molecule has 0 saturated carbocycles. The topological polar surface area (TPSA) is 66.6 Å². The number of hydrogen-bond acceptors (Lipinski definition) is 3. The van der Waals surface area contributed by atoms with Crippen LogP contribution in [0.4, 0.5) is 5.69 Å². The Morgan fingerprint density at radius 1 is 1.30 bits per heavy atom. The van der Waals surface area contributed by atoms with Crippen molar-refractivity contribution >= 4 is 34.8 Å². The van der Waals surface area contributed by atoms with Crippen molar-refractivity contribution in [2.75, 3.05) is 18.9 Å². The molecule has 1 aliphatic heterocycles. The normalized spacial score (nSPS) is 19.8. The summed E-state index contributed by atoms with van der Waals surface area (Å²) >= 11 is 12.0. The van der Waals surface area contributed by atoms with Gasteiger partial charge in [0.1, 0.15) is 0 Å². The molecular formula is C14H18Cl2N2O2. The van der Waals surface area contributed by atoms with Crippen LogP contribution in [0.25, 0.3) is 0 Å². The number of anilines is 1. The summed E-state index contributed by atoms with van der Waals surface area (Å²) in [4.78, 5) is 14.3. The monoisotopic (exact) mass is 316 g/mol. The van der Waals surface area contributed by atoms with E-state index >= 15 is 0 Å². The maximum Gasteiger partial charge on any atom is 0.254 e. The summed E-state index contributed by atoms with van der Waals surface area (Å²) in [5.41, 5.74) is 6.37. The molecule has 20 heavy (non-hydrogen) atoms. The van der Waals surface area contributed by atoms with Crippen molar-refractivity contribution in [1.82, 2.24) is 4.90 Å². The van der Waals surface area contributed by atoms with Crippen LogP contribution in [0.5, 0.6) is 0 Å². The van der Waals surface area contributed by atoms with Crippen molar-refractivity contribution in [2.24, 2.45) is 0 Å². The van der Waals surface area contributed by atoms with Gasteiger partial charge in [-0.05, 0) is 25.0 Å². The van der Waals surface area contributed by atoms with Crippen molar-refractivity contribution in [3.05, 3.63) is 27.7 Å². The van der Waals surface area contributed by atoms with E-state index in [1.54, 1.807) is 4.90 Å². The van der Waals surface area contributed by atoms with E-state index in [-0.39, 0.29) is 34.3 Å². The Labute approximate surface area is 128 Å². The Morgan fingerprint density at radius 3 is 2.55 bits per heavy atom. The molecule has 0 radical (unpaired) electrons. The summed E-state index contributed by atoms with van der Waals surface area (Å²) in [7, 11) is 0. The molecule has 2 rings (SSSR count). The first-order valence-corrected chi connectivity index (χ1v) is 7.46. The highest BCUT2D eigenvalue weighted by Gasteiger charge is 2.26. The summed E-state index contributed by atoms with van der Waals surface area (Å²) in [5, 5.41) is 10.0. The second kappa shape index (κ2) is 6.66. The van der Waals surface area contributed by atoms with Gasteiger partial charge in [0.25, 0.3) is 5.91 Å². The lowest BCUT2D eigenvalue weighted by Gasteiger charge is -2.29. The molecule has 0 spiro atoms. The van der Waals surface area contributed by atoms with Crippen molar-refractivity contribution in [1.29, 1.82) is 0 Å². The van der Waals surface area contributed by atoms with Gasteiger partial charge in [-0.2, -0.15) is 0 Å². The second-order valence-electron chi connectivity index (χ2n) is 5.04. The maximum atomic E-state index is 12.6. The molecule has 3 N–H and O–H groups in total. The average molecular weight is 317 g/mol. The van der Waals surface area contributed by atoms with Gasteiger partial charge in [-0.15, -0.1) is 0 Å². The molecule has 6 heteroatoms. The lowest BCUT2D eigenvalue weighted by atomic mass is 10.1. The van der Waals surface area contributed by atoms with Crippen molar-refractivity contribution in [3.8, 4) is 0 Å². The Hall–Kier alpha value is -0.970. The molecule has 1 saturated heterocycles. The number of halogens is 2. The predicted molar refractivity (Wildman–Crippen MR) is 81.3 cm³/mol. The van der Waals surface area contributed by atoms with E-state index in [2.05, 4.69) is 0 Å².